The van der Waals surface area contributed by atoms with Gasteiger partial charge in [0.1, 0.15) is 11.5 Å². The van der Waals surface area contributed by atoms with E-state index in [1.54, 1.807) is 6.20 Å². The Hall–Kier alpha value is -2.48. The minimum atomic E-state index is -0.568. The molecule has 7 nitrogen and oxygen atoms in total. The van der Waals surface area contributed by atoms with Crippen molar-refractivity contribution in [1.29, 1.82) is 0 Å². The van der Waals surface area contributed by atoms with Gasteiger partial charge in [0.05, 0.1) is 15.7 Å². The van der Waals surface area contributed by atoms with Gasteiger partial charge in [-0.05, 0) is 49.7 Å². The molecule has 0 saturated carbocycles. The van der Waals surface area contributed by atoms with Gasteiger partial charge in [-0.1, -0.05) is 29.3 Å². The van der Waals surface area contributed by atoms with Crippen LogP contribution < -0.4 is 16.0 Å². The number of benzene rings is 1. The number of carbonyl (C=O) groups excluding carboxylic acids is 1. The number of halogens is 2. The number of amides is 2. The predicted octanol–water partition coefficient (Wildman–Crippen LogP) is 4.44. The van der Waals surface area contributed by atoms with Crippen LogP contribution in [0.25, 0.3) is 11.0 Å². The van der Waals surface area contributed by atoms with Crippen LogP contribution in [0.4, 0.5) is 16.3 Å². The van der Waals surface area contributed by atoms with Gasteiger partial charge in [0, 0.05) is 44.3 Å². The first-order valence-electron chi connectivity index (χ1n) is 10.4. The summed E-state index contributed by atoms with van der Waals surface area (Å²) in [6.45, 7) is 5.64. The maximum Gasteiger partial charge on any atom is 0.317 e. The second kappa shape index (κ2) is 9.77. The van der Waals surface area contributed by atoms with Crippen LogP contribution in [0.3, 0.4) is 0 Å². The van der Waals surface area contributed by atoms with Crippen molar-refractivity contribution in [3.05, 3.63) is 52.6 Å². The maximum atomic E-state index is 11.4. The van der Waals surface area contributed by atoms with Gasteiger partial charge < -0.3 is 15.2 Å². The third-order valence-electron chi connectivity index (χ3n) is 5.66. The third kappa shape index (κ3) is 5.06. The van der Waals surface area contributed by atoms with Crippen molar-refractivity contribution in [3.63, 3.8) is 0 Å². The summed E-state index contributed by atoms with van der Waals surface area (Å²) in [6.07, 6.45) is 3.80. The largest absolute Gasteiger partial charge is 0.368 e. The summed E-state index contributed by atoms with van der Waals surface area (Å²) in [4.78, 5) is 20.6. The zero-order chi connectivity index (χ0) is 21.8. The zero-order valence-electron chi connectivity index (χ0n) is 17.2. The first kappa shape index (κ1) is 21.7. The van der Waals surface area contributed by atoms with E-state index in [1.165, 1.54) is 0 Å². The molecule has 164 valence electrons. The molecule has 4 rings (SSSR count). The average Bonchev–Trinajstić information content (AvgIpc) is 3.10. The van der Waals surface area contributed by atoms with Crippen molar-refractivity contribution in [2.45, 2.75) is 19.4 Å². The van der Waals surface area contributed by atoms with E-state index in [4.69, 9.17) is 28.9 Å². The molecule has 1 aliphatic rings. The summed E-state index contributed by atoms with van der Waals surface area (Å²) in [6, 6.07) is 11.0. The number of rotatable bonds is 7. The Kier molecular flexibility index (Phi) is 6.85. The van der Waals surface area contributed by atoms with Gasteiger partial charge in [-0.2, -0.15) is 0 Å². The van der Waals surface area contributed by atoms with E-state index in [0.717, 1.165) is 68.8 Å². The van der Waals surface area contributed by atoms with Crippen LogP contribution in [0.1, 0.15) is 12.8 Å². The number of hydrogen-bond acceptors (Lipinski definition) is 4. The van der Waals surface area contributed by atoms with Crippen molar-refractivity contribution < 1.29 is 4.79 Å². The van der Waals surface area contributed by atoms with Gasteiger partial charge in [-0.3, -0.25) is 10.2 Å². The summed E-state index contributed by atoms with van der Waals surface area (Å²) in [5.74, 6) is 0.688. The van der Waals surface area contributed by atoms with Crippen LogP contribution in [0.5, 0.6) is 0 Å². The molecule has 9 heteroatoms. The number of nitrogens with zero attached hydrogens (tertiary/aromatic N) is 4. The minimum Gasteiger partial charge on any atom is -0.368 e. The lowest BCUT2D eigenvalue weighted by Crippen LogP contribution is -2.46. The van der Waals surface area contributed by atoms with Crippen LogP contribution in [-0.2, 0) is 6.54 Å². The first-order valence-corrected chi connectivity index (χ1v) is 11.2. The number of anilines is 2. The monoisotopic (exact) mass is 460 g/mol. The number of unbranched alkanes of at least 4 members (excludes halogenated alkanes) is 1. The lowest BCUT2D eigenvalue weighted by Gasteiger charge is -2.36. The zero-order valence-corrected chi connectivity index (χ0v) is 18.7. The standard InChI is InChI=1S/C22H26Cl2N6O/c23-17-6-3-7-18(20(17)24)29-13-11-28(12-14-29)9-1-2-10-30-19(27-22(25)31)15-16-5-4-8-26-21(16)30/h3-8,15H,1-2,9-14H2,(H3,25,27,31). The molecule has 0 unspecified atom stereocenters. The molecule has 1 aliphatic heterocycles. The van der Waals surface area contributed by atoms with E-state index in [-0.39, 0.29) is 0 Å². The molecule has 2 amide bonds. The van der Waals surface area contributed by atoms with Gasteiger partial charge in [0.2, 0.25) is 0 Å². The molecule has 0 bridgehead atoms. The number of fused-ring (bicyclic) bond motifs is 1. The molecule has 31 heavy (non-hydrogen) atoms. The fourth-order valence-electron chi connectivity index (χ4n) is 4.10. The summed E-state index contributed by atoms with van der Waals surface area (Å²) in [7, 11) is 0. The summed E-state index contributed by atoms with van der Waals surface area (Å²) in [5, 5.41) is 4.92. The van der Waals surface area contributed by atoms with E-state index in [1.807, 2.05) is 41.0 Å². The van der Waals surface area contributed by atoms with Crippen molar-refractivity contribution in [2.24, 2.45) is 5.73 Å². The molecule has 3 aromatic rings. The van der Waals surface area contributed by atoms with E-state index in [0.29, 0.717) is 15.9 Å². The van der Waals surface area contributed by atoms with Crippen LogP contribution >= 0.6 is 23.2 Å². The summed E-state index contributed by atoms with van der Waals surface area (Å²) >= 11 is 12.5. The molecule has 0 radical (unpaired) electrons. The average molecular weight is 461 g/mol. The number of hydrogen-bond donors (Lipinski definition) is 2. The maximum absolute atomic E-state index is 11.4. The second-order valence-electron chi connectivity index (χ2n) is 7.70. The Labute approximate surface area is 191 Å². The fraction of sp³-hybridized carbons (Fsp3) is 0.364. The van der Waals surface area contributed by atoms with Gasteiger partial charge in [0.15, 0.2) is 0 Å². The molecule has 2 aromatic heterocycles. The molecule has 1 saturated heterocycles. The van der Waals surface area contributed by atoms with Gasteiger partial charge in [0.25, 0.3) is 0 Å². The topological polar surface area (TPSA) is 79.4 Å². The Bertz CT molecular complexity index is 1060. The van der Waals surface area contributed by atoms with Crippen LogP contribution in [-0.4, -0.2) is 53.2 Å². The van der Waals surface area contributed by atoms with E-state index in [9.17, 15) is 4.79 Å². The number of carbonyl (C=O) groups is 1. The highest BCUT2D eigenvalue weighted by molar-refractivity contribution is 6.43. The van der Waals surface area contributed by atoms with E-state index in [2.05, 4.69) is 20.1 Å². The molecular weight excluding hydrogens is 435 g/mol. The van der Waals surface area contributed by atoms with Crippen LogP contribution in [0, 0.1) is 0 Å². The van der Waals surface area contributed by atoms with Crippen LogP contribution in [0.15, 0.2) is 42.6 Å². The number of aromatic nitrogens is 2. The molecule has 1 aromatic carbocycles. The summed E-state index contributed by atoms with van der Waals surface area (Å²) in [5.41, 5.74) is 7.20. The number of pyridine rings is 1. The number of nitrogens with one attached hydrogen (secondary N) is 1. The highest BCUT2D eigenvalue weighted by Crippen LogP contribution is 2.33. The Balaban J connectivity index is 1.28. The smallest absolute Gasteiger partial charge is 0.317 e. The van der Waals surface area contributed by atoms with E-state index >= 15 is 0 Å². The highest BCUT2D eigenvalue weighted by atomic mass is 35.5. The highest BCUT2D eigenvalue weighted by Gasteiger charge is 2.19. The van der Waals surface area contributed by atoms with Gasteiger partial charge in [-0.25, -0.2) is 9.78 Å². The number of primary amides is 1. The lowest BCUT2D eigenvalue weighted by molar-refractivity contribution is 0.251. The number of nitrogens with two attached hydrogens (primary N) is 1. The fourth-order valence-corrected chi connectivity index (χ4v) is 4.51. The quantitative estimate of drug-likeness (QED) is 0.510. The minimum absolute atomic E-state index is 0.568. The van der Waals surface area contributed by atoms with Crippen molar-refractivity contribution >= 4 is 51.8 Å². The van der Waals surface area contributed by atoms with E-state index < -0.39 is 6.03 Å². The summed E-state index contributed by atoms with van der Waals surface area (Å²) < 4.78 is 2.03. The Morgan fingerprint density at radius 1 is 1.06 bits per heavy atom. The third-order valence-corrected chi connectivity index (χ3v) is 6.47. The van der Waals surface area contributed by atoms with Gasteiger partial charge in [-0.15, -0.1) is 0 Å². The Morgan fingerprint density at radius 3 is 2.61 bits per heavy atom. The van der Waals surface area contributed by atoms with Gasteiger partial charge >= 0.3 is 6.03 Å². The number of piperazine rings is 1. The van der Waals surface area contributed by atoms with Crippen molar-refractivity contribution in [3.8, 4) is 0 Å². The normalized spacial score (nSPS) is 14.8. The van der Waals surface area contributed by atoms with Crippen molar-refractivity contribution in [2.75, 3.05) is 42.9 Å². The molecule has 3 N–H and O–H groups in total. The molecule has 3 heterocycles. The first-order chi connectivity index (χ1) is 15.0. The lowest BCUT2D eigenvalue weighted by atomic mass is 10.2. The molecule has 0 atom stereocenters. The number of aryl methyl sites for hydroxylation is 1. The molecule has 0 aliphatic carbocycles. The predicted molar refractivity (Wildman–Crippen MR) is 127 cm³/mol. The number of urea groups is 1. The van der Waals surface area contributed by atoms with Crippen LogP contribution in [0.2, 0.25) is 10.0 Å². The molecule has 0 spiro atoms. The molecular formula is C22H26Cl2N6O. The Morgan fingerprint density at radius 2 is 1.84 bits per heavy atom. The SMILES string of the molecule is NC(=O)Nc1cc2cccnc2n1CCCCN1CCN(c2cccc(Cl)c2Cl)CC1. The van der Waals surface area contributed by atoms with Crippen molar-refractivity contribution in [1.82, 2.24) is 14.5 Å². The second-order valence-corrected chi connectivity index (χ2v) is 8.48. The molecule has 1 fully saturated rings.